The second-order valence-corrected chi connectivity index (χ2v) is 3.62. The maximum atomic E-state index is 12.4. The van der Waals surface area contributed by atoms with Gasteiger partial charge in [-0.05, 0) is 12.5 Å². The molecular weight excluding hydrogens is 183 g/mol. The molecule has 0 unspecified atom stereocenters. The van der Waals surface area contributed by atoms with E-state index < -0.39 is 10.2 Å². The summed E-state index contributed by atoms with van der Waals surface area (Å²) >= 11 is 0. The summed E-state index contributed by atoms with van der Waals surface area (Å²) in [4.78, 5) is 0. The third kappa shape index (κ3) is 1.82. The largest absolute Gasteiger partial charge is 0.349 e. The Morgan fingerprint density at radius 1 is 1.67 bits per heavy atom. The van der Waals surface area contributed by atoms with Crippen LogP contribution in [0.3, 0.4) is 0 Å². The van der Waals surface area contributed by atoms with E-state index in [1.165, 1.54) is 6.20 Å². The molecule has 0 atom stereocenters. The van der Waals surface area contributed by atoms with Crippen LogP contribution in [0.25, 0.3) is 0 Å². The van der Waals surface area contributed by atoms with E-state index in [-0.39, 0.29) is 5.03 Å². The van der Waals surface area contributed by atoms with Crippen molar-refractivity contribution < 1.29 is 12.3 Å². The zero-order valence-electron chi connectivity index (χ0n) is 6.57. The van der Waals surface area contributed by atoms with E-state index in [9.17, 15) is 12.3 Å². The van der Waals surface area contributed by atoms with Crippen molar-refractivity contribution in [2.75, 3.05) is 0 Å². The molecule has 1 aromatic heterocycles. The van der Waals surface area contributed by atoms with Crippen LogP contribution in [0.15, 0.2) is 17.3 Å². The number of rotatable bonds is 3. The van der Waals surface area contributed by atoms with Gasteiger partial charge in [-0.25, -0.2) is 0 Å². The SMILES string of the molecule is CCCn1nccc1S(=O)(=O)F. The average Bonchev–Trinajstić information content (AvgIpc) is 2.34. The minimum Gasteiger partial charge on any atom is -0.252 e. The number of hydrogen-bond donors (Lipinski definition) is 0. The Labute approximate surface area is 70.2 Å². The van der Waals surface area contributed by atoms with E-state index in [4.69, 9.17) is 0 Å². The van der Waals surface area contributed by atoms with Crippen molar-refractivity contribution in [3.8, 4) is 0 Å². The molecule has 0 saturated carbocycles. The van der Waals surface area contributed by atoms with Gasteiger partial charge in [-0.2, -0.15) is 13.5 Å². The van der Waals surface area contributed by atoms with Crippen molar-refractivity contribution in [3.63, 3.8) is 0 Å². The second-order valence-electron chi connectivity index (χ2n) is 2.33. The topological polar surface area (TPSA) is 52.0 Å². The third-order valence-corrected chi connectivity index (χ3v) is 2.21. The maximum absolute atomic E-state index is 12.4. The van der Waals surface area contributed by atoms with Crippen LogP contribution in [0.5, 0.6) is 0 Å². The maximum Gasteiger partial charge on any atom is 0.349 e. The van der Waals surface area contributed by atoms with Crippen molar-refractivity contribution in [1.82, 2.24) is 9.78 Å². The molecular formula is C6H9FN2O2S. The standard InChI is InChI=1S/C6H9FN2O2S/c1-2-5-9-6(3-4-8-9)12(7,10)11/h3-4H,2,5H2,1H3. The Morgan fingerprint density at radius 2 is 2.33 bits per heavy atom. The predicted molar refractivity (Wildman–Crippen MR) is 40.8 cm³/mol. The van der Waals surface area contributed by atoms with Gasteiger partial charge < -0.3 is 0 Å². The number of aryl methyl sites for hydroxylation is 1. The lowest BCUT2D eigenvalue weighted by molar-refractivity contribution is 0.506. The molecule has 4 nitrogen and oxygen atoms in total. The smallest absolute Gasteiger partial charge is 0.252 e. The Kier molecular flexibility index (Phi) is 2.46. The molecule has 12 heavy (non-hydrogen) atoms. The van der Waals surface area contributed by atoms with Gasteiger partial charge in [0.05, 0.1) is 6.20 Å². The highest BCUT2D eigenvalue weighted by molar-refractivity contribution is 7.86. The van der Waals surface area contributed by atoms with Crippen LogP contribution < -0.4 is 0 Å². The molecule has 0 bridgehead atoms. The molecule has 0 saturated heterocycles. The monoisotopic (exact) mass is 192 g/mol. The molecule has 0 amide bonds. The lowest BCUT2D eigenvalue weighted by atomic mass is 10.5. The first-order valence-electron chi connectivity index (χ1n) is 3.52. The van der Waals surface area contributed by atoms with Gasteiger partial charge in [0.2, 0.25) is 0 Å². The molecule has 1 aromatic rings. The highest BCUT2D eigenvalue weighted by Crippen LogP contribution is 2.10. The zero-order valence-corrected chi connectivity index (χ0v) is 7.38. The molecule has 0 aliphatic rings. The lowest BCUT2D eigenvalue weighted by Gasteiger charge is -2.00. The predicted octanol–water partition coefficient (Wildman–Crippen LogP) is 0.951. The van der Waals surface area contributed by atoms with E-state index >= 15 is 0 Å². The van der Waals surface area contributed by atoms with Gasteiger partial charge in [0.25, 0.3) is 0 Å². The van der Waals surface area contributed by atoms with Gasteiger partial charge in [0, 0.05) is 6.54 Å². The molecule has 0 spiro atoms. The van der Waals surface area contributed by atoms with Gasteiger partial charge in [-0.1, -0.05) is 10.8 Å². The van der Waals surface area contributed by atoms with Crippen LogP contribution in [-0.4, -0.2) is 18.2 Å². The van der Waals surface area contributed by atoms with Crippen LogP contribution in [0, 0.1) is 0 Å². The first-order valence-corrected chi connectivity index (χ1v) is 4.90. The fourth-order valence-electron chi connectivity index (χ4n) is 0.907. The number of halogens is 1. The van der Waals surface area contributed by atoms with Crippen LogP contribution in [-0.2, 0) is 16.8 Å². The quantitative estimate of drug-likeness (QED) is 0.670. The van der Waals surface area contributed by atoms with Gasteiger partial charge in [0.1, 0.15) is 0 Å². The minimum atomic E-state index is -4.61. The summed E-state index contributed by atoms with van der Waals surface area (Å²) in [6, 6.07) is 1.14. The summed E-state index contributed by atoms with van der Waals surface area (Å²) in [5.41, 5.74) is 0. The van der Waals surface area contributed by atoms with Gasteiger partial charge in [-0.15, -0.1) is 0 Å². The van der Waals surface area contributed by atoms with Crippen molar-refractivity contribution in [1.29, 1.82) is 0 Å². The average molecular weight is 192 g/mol. The first-order chi connectivity index (χ1) is 5.55. The lowest BCUT2D eigenvalue weighted by Crippen LogP contribution is -2.06. The number of hydrogen-bond acceptors (Lipinski definition) is 3. The van der Waals surface area contributed by atoms with Crippen LogP contribution in [0.2, 0.25) is 0 Å². The highest BCUT2D eigenvalue weighted by Gasteiger charge is 2.16. The summed E-state index contributed by atoms with van der Waals surface area (Å²) < 4.78 is 34.5. The molecule has 0 aliphatic carbocycles. The Hall–Kier alpha value is -0.910. The van der Waals surface area contributed by atoms with Gasteiger partial charge in [-0.3, -0.25) is 4.68 Å². The summed E-state index contributed by atoms with van der Waals surface area (Å²) in [6.45, 7) is 2.27. The van der Waals surface area contributed by atoms with Crippen LogP contribution in [0.4, 0.5) is 3.89 Å². The molecule has 6 heteroatoms. The highest BCUT2D eigenvalue weighted by atomic mass is 32.3. The molecule has 0 aromatic carbocycles. The van der Waals surface area contributed by atoms with Gasteiger partial charge in [0.15, 0.2) is 5.03 Å². The normalized spacial score (nSPS) is 11.8. The molecule has 0 N–H and O–H groups in total. The van der Waals surface area contributed by atoms with E-state index in [0.29, 0.717) is 13.0 Å². The molecule has 68 valence electrons. The summed E-state index contributed by atoms with van der Waals surface area (Å²) in [7, 11) is -4.61. The van der Waals surface area contributed by atoms with E-state index in [2.05, 4.69) is 5.10 Å². The molecule has 1 rings (SSSR count). The van der Waals surface area contributed by atoms with E-state index in [1.54, 1.807) is 0 Å². The second kappa shape index (κ2) is 3.22. The van der Waals surface area contributed by atoms with E-state index in [1.807, 2.05) is 6.92 Å². The summed E-state index contributed by atoms with van der Waals surface area (Å²) in [5, 5.41) is 3.30. The van der Waals surface area contributed by atoms with Crippen LogP contribution >= 0.6 is 0 Å². The fraction of sp³-hybridized carbons (Fsp3) is 0.500. The van der Waals surface area contributed by atoms with Crippen molar-refractivity contribution in [2.24, 2.45) is 0 Å². The minimum absolute atomic E-state index is 0.371. The van der Waals surface area contributed by atoms with Crippen molar-refractivity contribution >= 4 is 10.2 Å². The summed E-state index contributed by atoms with van der Waals surface area (Å²) in [6.07, 6.45) is 1.98. The number of aromatic nitrogens is 2. The zero-order chi connectivity index (χ0) is 9.19. The Balaban J connectivity index is 3.08. The van der Waals surface area contributed by atoms with Gasteiger partial charge >= 0.3 is 10.2 Å². The Bertz CT molecular complexity index is 357. The molecule has 0 aliphatic heterocycles. The first kappa shape index (κ1) is 9.18. The van der Waals surface area contributed by atoms with E-state index in [0.717, 1.165) is 10.7 Å². The Morgan fingerprint density at radius 3 is 2.83 bits per heavy atom. The third-order valence-electron chi connectivity index (χ3n) is 1.36. The summed E-state index contributed by atoms with van der Waals surface area (Å²) in [5.74, 6) is 0. The fourth-order valence-corrected chi connectivity index (χ4v) is 1.52. The number of nitrogens with zero attached hydrogens (tertiary/aromatic N) is 2. The van der Waals surface area contributed by atoms with Crippen LogP contribution in [0.1, 0.15) is 13.3 Å². The van der Waals surface area contributed by atoms with Crippen molar-refractivity contribution in [3.05, 3.63) is 12.3 Å². The molecule has 1 heterocycles. The molecule has 0 fully saturated rings. The molecule has 0 radical (unpaired) electrons. The van der Waals surface area contributed by atoms with Crippen molar-refractivity contribution in [2.45, 2.75) is 24.9 Å².